The van der Waals surface area contributed by atoms with Crippen LogP contribution in [0, 0.1) is 12.8 Å². The fraction of sp³-hybridized carbons (Fsp3) is 0.300. The first-order chi connectivity index (χ1) is 13.8. The van der Waals surface area contributed by atoms with Gasteiger partial charge in [0.2, 0.25) is 15.9 Å². The number of carbonyl (C=O) groups excluding carboxylic acids is 1. The highest BCUT2D eigenvalue weighted by molar-refractivity contribution is 7.89. The maximum absolute atomic E-state index is 12.9. The predicted molar refractivity (Wildman–Crippen MR) is 116 cm³/mol. The Hall–Kier alpha value is -2.00. The second-order valence-corrected chi connectivity index (χ2v) is 10.7. The number of halogens is 1. The van der Waals surface area contributed by atoms with Crippen molar-refractivity contribution in [1.29, 1.82) is 0 Å². The lowest BCUT2D eigenvalue weighted by atomic mass is 9.98. The summed E-state index contributed by atoms with van der Waals surface area (Å²) in [6.45, 7) is 2.51. The molecule has 6 nitrogen and oxygen atoms in total. The van der Waals surface area contributed by atoms with Crippen LogP contribution >= 0.6 is 22.9 Å². The van der Waals surface area contributed by atoms with Crippen molar-refractivity contribution in [2.24, 2.45) is 5.92 Å². The van der Waals surface area contributed by atoms with E-state index < -0.39 is 15.9 Å². The van der Waals surface area contributed by atoms with Crippen LogP contribution in [-0.4, -0.2) is 36.7 Å². The van der Waals surface area contributed by atoms with Crippen LogP contribution in [0.3, 0.4) is 0 Å². The van der Waals surface area contributed by atoms with Crippen LogP contribution in [0.5, 0.6) is 0 Å². The Labute approximate surface area is 178 Å². The molecule has 4 rings (SSSR count). The summed E-state index contributed by atoms with van der Waals surface area (Å²) < 4.78 is 28.3. The zero-order chi connectivity index (χ0) is 20.6. The Bertz CT molecular complexity index is 1160. The number of hydrogen-bond acceptors (Lipinski definition) is 5. The molecule has 0 spiro atoms. The molecule has 1 atom stereocenters. The van der Waals surface area contributed by atoms with Crippen molar-refractivity contribution in [3.63, 3.8) is 0 Å². The highest BCUT2D eigenvalue weighted by atomic mass is 35.5. The normalized spacial score (nSPS) is 18.1. The molecule has 2 aromatic carbocycles. The fourth-order valence-electron chi connectivity index (χ4n) is 3.50. The van der Waals surface area contributed by atoms with E-state index in [4.69, 9.17) is 11.6 Å². The third-order valence-electron chi connectivity index (χ3n) is 4.97. The third kappa shape index (κ3) is 4.30. The number of rotatable bonds is 4. The van der Waals surface area contributed by atoms with Gasteiger partial charge in [-0.2, -0.15) is 4.31 Å². The van der Waals surface area contributed by atoms with Gasteiger partial charge in [0, 0.05) is 23.8 Å². The van der Waals surface area contributed by atoms with Crippen LogP contribution in [-0.2, 0) is 14.8 Å². The van der Waals surface area contributed by atoms with Crippen molar-refractivity contribution >= 4 is 54.8 Å². The maximum Gasteiger partial charge on any atom is 0.243 e. The second-order valence-electron chi connectivity index (χ2n) is 7.06. The summed E-state index contributed by atoms with van der Waals surface area (Å²) in [5.74, 6) is -0.578. The lowest BCUT2D eigenvalue weighted by Crippen LogP contribution is -2.43. The van der Waals surface area contributed by atoms with Gasteiger partial charge in [-0.3, -0.25) is 4.79 Å². The minimum atomic E-state index is -3.66. The van der Waals surface area contributed by atoms with Crippen molar-refractivity contribution in [2.75, 3.05) is 18.4 Å². The molecule has 1 fully saturated rings. The zero-order valence-corrected chi connectivity index (χ0v) is 18.1. The monoisotopic (exact) mass is 449 g/mol. The van der Waals surface area contributed by atoms with Crippen molar-refractivity contribution in [3.8, 4) is 0 Å². The molecule has 1 aliphatic heterocycles. The van der Waals surface area contributed by atoms with E-state index in [2.05, 4.69) is 10.3 Å². The molecule has 1 saturated heterocycles. The number of thiazole rings is 1. The van der Waals surface area contributed by atoms with Crippen LogP contribution in [0.4, 0.5) is 5.69 Å². The van der Waals surface area contributed by atoms with E-state index in [0.717, 1.165) is 15.2 Å². The Morgan fingerprint density at radius 1 is 1.24 bits per heavy atom. The van der Waals surface area contributed by atoms with Gasteiger partial charge in [0.15, 0.2) is 0 Å². The number of benzene rings is 2. The molecule has 0 saturated carbocycles. The Morgan fingerprint density at radius 2 is 2.00 bits per heavy atom. The number of hydrogen-bond donors (Lipinski definition) is 1. The SMILES string of the molecule is Cc1nc2cc(NC(=O)C3CCCN(S(=O)(=O)c4ccc(Cl)cc4)C3)ccc2s1. The van der Waals surface area contributed by atoms with Gasteiger partial charge in [-0.05, 0) is 62.2 Å². The first-order valence-electron chi connectivity index (χ1n) is 9.27. The Morgan fingerprint density at radius 3 is 2.76 bits per heavy atom. The van der Waals surface area contributed by atoms with E-state index in [0.29, 0.717) is 30.1 Å². The van der Waals surface area contributed by atoms with E-state index in [-0.39, 0.29) is 17.3 Å². The molecule has 1 unspecified atom stereocenters. The maximum atomic E-state index is 12.9. The molecule has 29 heavy (non-hydrogen) atoms. The summed E-state index contributed by atoms with van der Waals surface area (Å²) in [6.07, 6.45) is 1.28. The van der Waals surface area contributed by atoms with E-state index >= 15 is 0 Å². The lowest BCUT2D eigenvalue weighted by Gasteiger charge is -2.31. The standard InChI is InChI=1S/C20H20ClN3O3S2/c1-13-22-18-11-16(6-9-19(18)28-13)23-20(25)14-3-2-10-24(12-14)29(26,27)17-7-4-15(21)5-8-17/h4-9,11,14H,2-3,10,12H2,1H3,(H,23,25). The molecule has 152 valence electrons. The summed E-state index contributed by atoms with van der Waals surface area (Å²) in [6, 6.07) is 11.7. The Balaban J connectivity index is 1.48. The lowest BCUT2D eigenvalue weighted by molar-refractivity contribution is -0.120. The van der Waals surface area contributed by atoms with E-state index in [1.54, 1.807) is 23.5 Å². The molecule has 1 amide bonds. The summed E-state index contributed by atoms with van der Waals surface area (Å²) in [4.78, 5) is 17.4. The fourth-order valence-corrected chi connectivity index (χ4v) is 5.95. The number of anilines is 1. The highest BCUT2D eigenvalue weighted by Gasteiger charge is 2.33. The van der Waals surface area contributed by atoms with Gasteiger partial charge >= 0.3 is 0 Å². The number of nitrogens with zero attached hydrogens (tertiary/aromatic N) is 2. The van der Waals surface area contributed by atoms with Gasteiger partial charge in [0.1, 0.15) is 0 Å². The molecule has 0 bridgehead atoms. The summed E-state index contributed by atoms with van der Waals surface area (Å²) in [7, 11) is -3.66. The van der Waals surface area contributed by atoms with Crippen molar-refractivity contribution in [2.45, 2.75) is 24.7 Å². The first kappa shape index (κ1) is 20.3. The molecule has 0 radical (unpaired) electrons. The largest absolute Gasteiger partial charge is 0.326 e. The average molecular weight is 450 g/mol. The van der Waals surface area contributed by atoms with E-state index in [1.165, 1.54) is 16.4 Å². The van der Waals surface area contributed by atoms with Crippen LogP contribution in [0.15, 0.2) is 47.4 Å². The number of nitrogens with one attached hydrogen (secondary N) is 1. The molecular formula is C20H20ClN3O3S2. The van der Waals surface area contributed by atoms with Crippen molar-refractivity contribution in [1.82, 2.24) is 9.29 Å². The number of piperidine rings is 1. The van der Waals surface area contributed by atoms with Gasteiger partial charge in [-0.15, -0.1) is 11.3 Å². The molecule has 1 aromatic heterocycles. The first-order valence-corrected chi connectivity index (χ1v) is 11.9. The average Bonchev–Trinajstić information content (AvgIpc) is 3.07. The van der Waals surface area contributed by atoms with Gasteiger partial charge < -0.3 is 5.32 Å². The molecule has 1 aliphatic rings. The minimum absolute atomic E-state index is 0.162. The van der Waals surface area contributed by atoms with Crippen LogP contribution in [0.1, 0.15) is 17.8 Å². The summed E-state index contributed by atoms with van der Waals surface area (Å²) >= 11 is 7.47. The van der Waals surface area contributed by atoms with E-state index in [9.17, 15) is 13.2 Å². The Kier molecular flexibility index (Phi) is 5.61. The highest BCUT2D eigenvalue weighted by Crippen LogP contribution is 2.27. The quantitative estimate of drug-likeness (QED) is 0.644. The topological polar surface area (TPSA) is 79.4 Å². The summed E-state index contributed by atoms with van der Waals surface area (Å²) in [5.41, 5.74) is 1.52. The number of aromatic nitrogens is 1. The smallest absolute Gasteiger partial charge is 0.243 e. The number of amides is 1. The van der Waals surface area contributed by atoms with Crippen LogP contribution in [0.2, 0.25) is 5.02 Å². The molecule has 3 aromatic rings. The predicted octanol–water partition coefficient (Wildman–Crippen LogP) is 4.30. The second kappa shape index (κ2) is 8.02. The summed E-state index contributed by atoms with van der Waals surface area (Å²) in [5, 5.41) is 4.37. The molecule has 0 aliphatic carbocycles. The number of aryl methyl sites for hydroxylation is 1. The van der Waals surface area contributed by atoms with Gasteiger partial charge in [0.05, 0.1) is 26.0 Å². The van der Waals surface area contributed by atoms with Gasteiger partial charge in [0.25, 0.3) is 0 Å². The molecular weight excluding hydrogens is 430 g/mol. The van der Waals surface area contributed by atoms with Gasteiger partial charge in [-0.25, -0.2) is 13.4 Å². The van der Waals surface area contributed by atoms with Crippen LogP contribution in [0.25, 0.3) is 10.2 Å². The zero-order valence-electron chi connectivity index (χ0n) is 15.8. The van der Waals surface area contributed by atoms with Crippen molar-refractivity contribution in [3.05, 3.63) is 52.5 Å². The van der Waals surface area contributed by atoms with Crippen LogP contribution < -0.4 is 5.32 Å². The van der Waals surface area contributed by atoms with Crippen molar-refractivity contribution < 1.29 is 13.2 Å². The minimum Gasteiger partial charge on any atom is -0.326 e. The number of carbonyl (C=O) groups is 1. The van der Waals surface area contributed by atoms with E-state index in [1.807, 2.05) is 25.1 Å². The number of sulfonamides is 1. The molecule has 9 heteroatoms. The third-order valence-corrected chi connectivity index (χ3v) is 8.05. The van der Waals surface area contributed by atoms with Gasteiger partial charge in [-0.1, -0.05) is 11.6 Å². The number of fused-ring (bicyclic) bond motifs is 1. The molecule has 2 heterocycles. The molecule has 1 N–H and O–H groups in total.